The number of benzene rings is 1. The molecule has 3 aliphatic rings. The number of carbonyl (C=O) groups is 4. The summed E-state index contributed by atoms with van der Waals surface area (Å²) in [5.41, 5.74) is 5.54. The van der Waals surface area contributed by atoms with Crippen LogP contribution >= 0.6 is 0 Å². The Balaban J connectivity index is 0.000000937. The van der Waals surface area contributed by atoms with Crippen LogP contribution in [0.5, 0.6) is 0 Å². The van der Waals surface area contributed by atoms with E-state index in [2.05, 4.69) is 71.0 Å². The Morgan fingerprint density at radius 1 is 0.947 bits per heavy atom. The molecule has 10 nitrogen and oxygen atoms in total. The summed E-state index contributed by atoms with van der Waals surface area (Å²) >= 11 is 0. The van der Waals surface area contributed by atoms with Crippen LogP contribution in [0.25, 0.3) is 0 Å². The molecule has 1 aromatic rings. The molecule has 0 bridgehead atoms. The van der Waals surface area contributed by atoms with Crippen LogP contribution in [-0.2, 0) is 30.0 Å². The van der Waals surface area contributed by atoms with E-state index in [0.29, 0.717) is 42.8 Å². The third-order valence-corrected chi connectivity index (χ3v) is 12.8. The quantitative estimate of drug-likeness (QED) is 0.0973. The number of likely N-dealkylation sites (N-methyl/N-ethyl adjacent to an activating group) is 1. The van der Waals surface area contributed by atoms with E-state index >= 15 is 0 Å². The number of aldehydes is 1. The summed E-state index contributed by atoms with van der Waals surface area (Å²) in [7, 11) is 2.64. The summed E-state index contributed by atoms with van der Waals surface area (Å²) in [6, 6.07) is 9.14. The summed E-state index contributed by atoms with van der Waals surface area (Å²) in [4.78, 5) is 50.4. The molecule has 3 fully saturated rings. The summed E-state index contributed by atoms with van der Waals surface area (Å²) in [6.07, 6.45) is 17.2. The minimum atomic E-state index is -0.813. The molecule has 3 amide bonds. The van der Waals surface area contributed by atoms with Crippen molar-refractivity contribution in [2.24, 2.45) is 23.0 Å². The molecule has 0 radical (unpaired) electrons. The number of carbonyl (C=O) groups excluding carboxylic acids is 4. The molecular formula is C46H83N5O5S. The van der Waals surface area contributed by atoms with Gasteiger partial charge in [0.15, 0.2) is 0 Å². The Bertz CT molecular complexity index is 1300. The molecule has 0 aromatic heterocycles. The maximum atomic E-state index is 13.5. The van der Waals surface area contributed by atoms with E-state index in [1.165, 1.54) is 45.4 Å². The van der Waals surface area contributed by atoms with Crippen LogP contribution in [-0.4, -0.2) is 83.7 Å². The zero-order valence-electron chi connectivity index (χ0n) is 37.6. The fraction of sp³-hybridized carbons (Fsp3) is 0.739. The smallest absolute Gasteiger partial charge is 0.243 e. The van der Waals surface area contributed by atoms with Crippen molar-refractivity contribution >= 4 is 34.8 Å². The first-order valence-electron chi connectivity index (χ1n) is 21.9. The first-order chi connectivity index (χ1) is 27.1. The minimum absolute atomic E-state index is 0.00463. The molecule has 0 spiro atoms. The van der Waals surface area contributed by atoms with Crippen molar-refractivity contribution in [3.63, 3.8) is 0 Å². The van der Waals surface area contributed by atoms with E-state index < -0.39 is 16.8 Å². The van der Waals surface area contributed by atoms with Crippen LogP contribution in [0.15, 0.2) is 47.4 Å². The molecule has 1 heterocycles. The highest BCUT2D eigenvalue weighted by Gasteiger charge is 2.44. The number of rotatable bonds is 16. The van der Waals surface area contributed by atoms with Crippen LogP contribution in [0, 0.1) is 17.3 Å². The predicted molar refractivity (Wildman–Crippen MR) is 239 cm³/mol. The third-order valence-electron chi connectivity index (χ3n) is 11.1. The Kier molecular flexibility index (Phi) is 29.5. The number of amides is 3. The van der Waals surface area contributed by atoms with Gasteiger partial charge < -0.3 is 26.6 Å². The number of nitrogens with two attached hydrogens (primary N) is 1. The SMILES string of the molecule is C=C(C=O)C(CC(C)CC)NC(=O)C1CCCN1C(=O)C(NC)C1(C)CCCCC1.CCC(C)CS(=O)c1ccccc1.CCCCC.CNC(C)=O.NC1CC1. The van der Waals surface area contributed by atoms with Crippen molar-refractivity contribution < 1.29 is 23.4 Å². The summed E-state index contributed by atoms with van der Waals surface area (Å²) in [5.74, 6) is 1.56. The van der Waals surface area contributed by atoms with E-state index in [4.69, 9.17) is 5.73 Å². The molecule has 4 rings (SSSR count). The van der Waals surface area contributed by atoms with Crippen molar-refractivity contribution in [2.45, 2.75) is 181 Å². The first kappa shape index (κ1) is 54.1. The summed E-state index contributed by atoms with van der Waals surface area (Å²) in [6.45, 7) is 21.0. The second kappa shape index (κ2) is 31.1. The van der Waals surface area contributed by atoms with Gasteiger partial charge in [-0.15, -0.1) is 0 Å². The molecule has 328 valence electrons. The third kappa shape index (κ3) is 22.7. The van der Waals surface area contributed by atoms with E-state index in [-0.39, 0.29) is 35.2 Å². The molecule has 5 N–H and O–H groups in total. The van der Waals surface area contributed by atoms with Gasteiger partial charge in [0.25, 0.3) is 0 Å². The van der Waals surface area contributed by atoms with Crippen LogP contribution in [0.3, 0.4) is 0 Å². The zero-order valence-corrected chi connectivity index (χ0v) is 38.4. The first-order valence-corrected chi connectivity index (χ1v) is 23.2. The van der Waals surface area contributed by atoms with Crippen LogP contribution in [0.4, 0.5) is 0 Å². The molecule has 6 unspecified atom stereocenters. The lowest BCUT2D eigenvalue weighted by atomic mass is 9.70. The van der Waals surface area contributed by atoms with Crippen molar-refractivity contribution in [3.8, 4) is 0 Å². The second-order valence-corrected chi connectivity index (χ2v) is 18.0. The number of unbranched alkanes of at least 4 members (excludes halogenated alkanes) is 2. The van der Waals surface area contributed by atoms with Gasteiger partial charge in [-0.25, -0.2) is 0 Å². The van der Waals surface area contributed by atoms with Gasteiger partial charge in [0, 0.05) is 42.8 Å². The zero-order chi connectivity index (χ0) is 43.4. The van der Waals surface area contributed by atoms with Crippen molar-refractivity contribution in [1.82, 2.24) is 20.9 Å². The highest BCUT2D eigenvalue weighted by atomic mass is 32.2. The highest BCUT2D eigenvalue weighted by molar-refractivity contribution is 7.85. The Hall–Kier alpha value is -2.89. The molecule has 1 aromatic carbocycles. The van der Waals surface area contributed by atoms with Crippen molar-refractivity contribution in [2.75, 3.05) is 26.4 Å². The minimum Gasteiger partial charge on any atom is -0.359 e. The normalized spacial score (nSPS) is 19.3. The lowest BCUT2D eigenvalue weighted by molar-refractivity contribution is -0.143. The van der Waals surface area contributed by atoms with Gasteiger partial charge in [0.2, 0.25) is 17.7 Å². The lowest BCUT2D eigenvalue weighted by Crippen LogP contribution is -2.58. The number of hydrogen-bond acceptors (Lipinski definition) is 7. The topological polar surface area (TPSA) is 151 Å². The van der Waals surface area contributed by atoms with Gasteiger partial charge in [-0.2, -0.15) is 0 Å². The van der Waals surface area contributed by atoms with Crippen molar-refractivity contribution in [3.05, 3.63) is 42.5 Å². The van der Waals surface area contributed by atoms with E-state index in [9.17, 15) is 23.4 Å². The average Bonchev–Trinajstić information content (AvgIpc) is 3.83. The molecule has 11 heteroatoms. The predicted octanol–water partition coefficient (Wildman–Crippen LogP) is 8.11. The number of nitrogens with one attached hydrogen (secondary N) is 3. The molecular weight excluding hydrogens is 735 g/mol. The van der Waals surface area contributed by atoms with Crippen LogP contribution in [0.2, 0.25) is 0 Å². The number of hydrogen-bond donors (Lipinski definition) is 4. The Morgan fingerprint density at radius 2 is 1.49 bits per heavy atom. The largest absolute Gasteiger partial charge is 0.359 e. The van der Waals surface area contributed by atoms with E-state index in [0.717, 1.165) is 61.9 Å². The summed E-state index contributed by atoms with van der Waals surface area (Å²) in [5, 5.41) is 8.68. The molecule has 57 heavy (non-hydrogen) atoms. The monoisotopic (exact) mass is 818 g/mol. The maximum Gasteiger partial charge on any atom is 0.243 e. The number of likely N-dealkylation sites (tertiary alicyclic amines) is 1. The maximum absolute atomic E-state index is 13.5. The standard InChI is InChI=1S/C24H41N3O3.C11H16OS.C5H12.C3H7NO.C3H7N/c1-6-17(2)15-19(18(3)16-28)26-22(29)20-11-10-14-27(20)23(30)21(25-5)24(4)12-8-7-9-13-24;1-3-10(2)9-13(12)11-7-5-4-6-8-11;1-3-5-4-2;1-3(5)4-2;4-3-1-2-3/h16-17,19-21,25H,3,6-15H2,1-2,4-5H3,(H,26,29);4-8,10H,3,9H2,1-2H3;3-5H2,1-2H3;1-2H3,(H,4,5);3H,1-2,4H2. The van der Waals surface area contributed by atoms with Crippen LogP contribution < -0.4 is 21.7 Å². The van der Waals surface area contributed by atoms with Gasteiger partial charge in [0.05, 0.1) is 22.9 Å². The molecule has 2 aliphatic carbocycles. The van der Waals surface area contributed by atoms with Gasteiger partial charge in [-0.1, -0.05) is 125 Å². The van der Waals surface area contributed by atoms with Gasteiger partial charge in [-0.05, 0) is 81.4 Å². The average molecular weight is 818 g/mol. The fourth-order valence-corrected chi connectivity index (χ4v) is 8.01. The summed E-state index contributed by atoms with van der Waals surface area (Å²) < 4.78 is 11.7. The Labute approximate surface area is 350 Å². The lowest BCUT2D eigenvalue weighted by Gasteiger charge is -2.42. The van der Waals surface area contributed by atoms with Gasteiger partial charge >= 0.3 is 0 Å². The number of nitrogens with zero attached hydrogens (tertiary/aromatic N) is 1. The second-order valence-electron chi connectivity index (χ2n) is 16.5. The Morgan fingerprint density at radius 3 is 1.91 bits per heavy atom. The van der Waals surface area contributed by atoms with Gasteiger partial charge in [0.1, 0.15) is 12.3 Å². The molecule has 2 saturated carbocycles. The van der Waals surface area contributed by atoms with Crippen LogP contribution in [0.1, 0.15) is 152 Å². The molecule has 1 saturated heterocycles. The molecule has 1 aliphatic heterocycles. The fourth-order valence-electron chi connectivity index (χ4n) is 6.60. The van der Waals surface area contributed by atoms with Crippen molar-refractivity contribution in [1.29, 1.82) is 0 Å². The van der Waals surface area contributed by atoms with Gasteiger partial charge in [-0.3, -0.25) is 23.4 Å². The van der Waals surface area contributed by atoms with E-state index in [1.54, 1.807) is 11.9 Å². The molecule has 6 atom stereocenters. The van der Waals surface area contributed by atoms with E-state index in [1.807, 2.05) is 37.4 Å². The highest BCUT2D eigenvalue weighted by Crippen LogP contribution is 2.40.